The van der Waals surface area contributed by atoms with Crippen molar-refractivity contribution in [1.82, 2.24) is 14.5 Å². The van der Waals surface area contributed by atoms with Gasteiger partial charge in [0.25, 0.3) is 0 Å². The highest BCUT2D eigenvalue weighted by atomic mass is 19.4. The summed E-state index contributed by atoms with van der Waals surface area (Å²) in [7, 11) is 0. The third kappa shape index (κ3) is 6.55. The minimum absolute atomic E-state index is 0.0269. The molecule has 4 aliphatic rings. The van der Waals surface area contributed by atoms with Gasteiger partial charge in [-0.1, -0.05) is 19.9 Å². The molecule has 2 aromatic rings. The monoisotopic (exact) mass is 688 g/mol. The van der Waals surface area contributed by atoms with E-state index in [1.165, 1.54) is 0 Å². The first-order valence-corrected chi connectivity index (χ1v) is 17.3. The van der Waals surface area contributed by atoms with E-state index in [4.69, 9.17) is 14.5 Å². The van der Waals surface area contributed by atoms with E-state index in [0.29, 0.717) is 34.8 Å². The molecular formula is C36H47F3N4O6. The van der Waals surface area contributed by atoms with Crippen LogP contribution in [0.5, 0.6) is 5.75 Å². The summed E-state index contributed by atoms with van der Waals surface area (Å²) < 4.78 is 55.0. The number of hydrogen-bond donors (Lipinski definition) is 2. The molecule has 10 nitrogen and oxygen atoms in total. The predicted molar refractivity (Wildman–Crippen MR) is 174 cm³/mol. The van der Waals surface area contributed by atoms with Crippen LogP contribution in [0.15, 0.2) is 18.2 Å². The molecule has 49 heavy (non-hydrogen) atoms. The van der Waals surface area contributed by atoms with Crippen molar-refractivity contribution in [2.75, 3.05) is 31.6 Å². The molecule has 2 fully saturated rings. The van der Waals surface area contributed by atoms with Crippen LogP contribution in [0.2, 0.25) is 0 Å². The van der Waals surface area contributed by atoms with Crippen molar-refractivity contribution in [1.29, 1.82) is 0 Å². The number of amides is 1. The molecule has 4 unspecified atom stereocenters. The molecule has 0 spiro atoms. The van der Waals surface area contributed by atoms with Gasteiger partial charge in [0, 0.05) is 37.4 Å². The molecule has 2 N–H and O–H groups in total. The van der Waals surface area contributed by atoms with Gasteiger partial charge in [-0.05, 0) is 75.6 Å². The summed E-state index contributed by atoms with van der Waals surface area (Å²) in [5.41, 5.74) is 1.38. The van der Waals surface area contributed by atoms with Crippen molar-refractivity contribution in [2.45, 2.75) is 103 Å². The van der Waals surface area contributed by atoms with E-state index >= 15 is 0 Å². The van der Waals surface area contributed by atoms with E-state index < -0.39 is 42.4 Å². The Morgan fingerprint density at radius 1 is 1.16 bits per heavy atom. The maximum atomic E-state index is 14.4. The number of ether oxygens (including phenoxy) is 2. The first-order chi connectivity index (χ1) is 22.9. The number of Topliss-reactive ketones (excluding diaryl/α,β-unsaturated/α-hetero) is 1. The molecule has 2 aliphatic carbocycles. The first-order valence-electron chi connectivity index (χ1n) is 17.3. The zero-order valence-corrected chi connectivity index (χ0v) is 28.9. The fraction of sp³-hybridized carbons (Fsp3) is 0.667. The van der Waals surface area contributed by atoms with E-state index in [1.54, 1.807) is 18.2 Å². The number of rotatable bonds is 10. The van der Waals surface area contributed by atoms with Gasteiger partial charge < -0.3 is 29.4 Å². The molecule has 2 aliphatic heterocycles. The van der Waals surface area contributed by atoms with Crippen LogP contribution < -0.4 is 10.1 Å². The summed E-state index contributed by atoms with van der Waals surface area (Å²) in [4.78, 5) is 44.5. The van der Waals surface area contributed by atoms with Gasteiger partial charge >= 0.3 is 12.1 Å². The van der Waals surface area contributed by atoms with E-state index in [-0.39, 0.29) is 48.2 Å². The maximum Gasteiger partial charge on any atom is 0.406 e. The summed E-state index contributed by atoms with van der Waals surface area (Å²) in [6.07, 6.45) is -2.08. The number of halogens is 3. The smallest absolute Gasteiger partial charge is 0.406 e. The molecule has 1 amide bonds. The largest absolute Gasteiger partial charge is 0.493 e. The van der Waals surface area contributed by atoms with E-state index in [0.717, 1.165) is 49.7 Å². The normalized spacial score (nSPS) is 28.2. The van der Waals surface area contributed by atoms with Crippen LogP contribution in [0, 0.1) is 23.2 Å². The summed E-state index contributed by atoms with van der Waals surface area (Å²) in [5, 5.41) is 12.7. The van der Waals surface area contributed by atoms with Crippen LogP contribution in [0.1, 0.15) is 82.8 Å². The Hall–Kier alpha value is -3.61. The number of alkyl halides is 3. The van der Waals surface area contributed by atoms with Gasteiger partial charge in [-0.25, -0.2) is 4.98 Å². The number of carbonyl (C=O) groups is 3. The van der Waals surface area contributed by atoms with Gasteiger partial charge in [-0.3, -0.25) is 14.4 Å². The number of carboxylic acids is 1. The topological polar surface area (TPSA) is 123 Å². The highest BCUT2D eigenvalue weighted by Crippen LogP contribution is 2.75. The minimum atomic E-state index is -4.63. The number of benzene rings is 1. The SMILES string of the molecule is CC1CCC2C(C)(COC(C)(C)C)C2(c2c(CCOc3ccc4c(c3)CN(CC(F)(F)F)C(=O)[C@H](CC(=O)O)C4)nc3n2CCCN3)C1=O. The van der Waals surface area contributed by atoms with E-state index in [1.807, 2.05) is 27.7 Å². The maximum absolute atomic E-state index is 14.4. The van der Waals surface area contributed by atoms with Crippen molar-refractivity contribution in [3.8, 4) is 5.75 Å². The molecule has 2 saturated carbocycles. The number of ketones is 1. The minimum Gasteiger partial charge on any atom is -0.493 e. The molecular weight excluding hydrogens is 641 g/mol. The Balaban J connectivity index is 1.27. The Labute approximate surface area is 284 Å². The van der Waals surface area contributed by atoms with Gasteiger partial charge in [0.1, 0.15) is 18.1 Å². The van der Waals surface area contributed by atoms with Gasteiger partial charge in [0.2, 0.25) is 11.9 Å². The molecule has 268 valence electrons. The number of carbonyl (C=O) groups excluding carboxylic acids is 2. The Kier molecular flexibility index (Phi) is 9.07. The quantitative estimate of drug-likeness (QED) is 0.334. The van der Waals surface area contributed by atoms with Crippen molar-refractivity contribution in [3.63, 3.8) is 0 Å². The fourth-order valence-electron chi connectivity index (χ4n) is 8.66. The molecule has 5 atom stereocenters. The van der Waals surface area contributed by atoms with E-state index in [9.17, 15) is 32.7 Å². The van der Waals surface area contributed by atoms with Crippen molar-refractivity contribution < 1.29 is 42.1 Å². The second kappa shape index (κ2) is 12.6. The average molecular weight is 689 g/mol. The second-order valence-electron chi connectivity index (χ2n) is 15.5. The van der Waals surface area contributed by atoms with Gasteiger partial charge in [0.15, 0.2) is 0 Å². The summed E-state index contributed by atoms with van der Waals surface area (Å²) in [5.74, 6) is -1.71. The molecule has 6 rings (SSSR count). The van der Waals surface area contributed by atoms with Crippen LogP contribution in [-0.4, -0.2) is 75.3 Å². The highest BCUT2D eigenvalue weighted by Gasteiger charge is 2.81. The Morgan fingerprint density at radius 3 is 2.61 bits per heavy atom. The molecule has 0 radical (unpaired) electrons. The zero-order chi connectivity index (χ0) is 35.5. The molecule has 1 aromatic carbocycles. The molecule has 0 saturated heterocycles. The van der Waals surface area contributed by atoms with Crippen molar-refractivity contribution in [2.24, 2.45) is 23.2 Å². The standard InChI is InChI=1S/C36H47F3N4O6/c1-21-7-10-27-34(5,20-49-33(2,3)4)36(27,30(21)46)29-26(41-32-40-12-6-13-43(29)32)11-14-48-25-9-8-22-15-23(17-28(44)45)31(47)42(18-24(22)16-25)19-35(37,38)39/h8-9,16,21,23,27H,6-7,10-15,17-20H2,1-5H3,(H,40,41)(H,44,45)/t21?,23-,27?,34?,36?/m0/s1. The molecule has 0 bridgehead atoms. The lowest BCUT2D eigenvalue weighted by Gasteiger charge is -2.31. The predicted octanol–water partition coefficient (Wildman–Crippen LogP) is 5.55. The average Bonchev–Trinajstić information content (AvgIpc) is 3.39. The van der Waals surface area contributed by atoms with Gasteiger partial charge in [0.05, 0.1) is 48.0 Å². The van der Waals surface area contributed by atoms with Crippen molar-refractivity contribution >= 4 is 23.6 Å². The number of nitrogens with one attached hydrogen (secondary N) is 1. The van der Waals surface area contributed by atoms with Crippen LogP contribution in [-0.2, 0) is 50.5 Å². The number of hydrogen-bond acceptors (Lipinski definition) is 7. The number of imidazole rings is 1. The number of nitrogens with zero attached hydrogens (tertiary/aromatic N) is 3. The number of anilines is 1. The number of carboxylic acid groups (broad SMARTS) is 1. The second-order valence-corrected chi connectivity index (χ2v) is 15.5. The highest BCUT2D eigenvalue weighted by molar-refractivity contribution is 5.98. The third-order valence-electron chi connectivity index (χ3n) is 11.0. The van der Waals surface area contributed by atoms with Crippen LogP contribution in [0.4, 0.5) is 19.1 Å². The van der Waals surface area contributed by atoms with E-state index in [2.05, 4.69) is 16.8 Å². The van der Waals surface area contributed by atoms with Gasteiger partial charge in [-0.2, -0.15) is 13.2 Å². The lowest BCUT2D eigenvalue weighted by atomic mass is 9.76. The first kappa shape index (κ1) is 35.2. The third-order valence-corrected chi connectivity index (χ3v) is 11.0. The van der Waals surface area contributed by atoms with Crippen LogP contribution >= 0.6 is 0 Å². The van der Waals surface area contributed by atoms with Crippen LogP contribution in [0.3, 0.4) is 0 Å². The number of fused-ring (bicyclic) bond motifs is 3. The summed E-state index contributed by atoms with van der Waals surface area (Å²) >= 11 is 0. The van der Waals surface area contributed by atoms with Crippen molar-refractivity contribution in [3.05, 3.63) is 40.7 Å². The van der Waals surface area contributed by atoms with Gasteiger partial charge in [-0.15, -0.1) is 0 Å². The zero-order valence-electron chi connectivity index (χ0n) is 28.9. The molecule has 1 aromatic heterocycles. The molecule has 3 heterocycles. The molecule has 13 heteroatoms. The Bertz CT molecular complexity index is 1630. The fourth-order valence-corrected chi connectivity index (χ4v) is 8.66. The lowest BCUT2D eigenvalue weighted by Crippen LogP contribution is -2.41. The summed E-state index contributed by atoms with van der Waals surface area (Å²) in [6, 6.07) is 5.04. The summed E-state index contributed by atoms with van der Waals surface area (Å²) in [6.45, 7) is 10.7. The number of aromatic nitrogens is 2. The van der Waals surface area contributed by atoms with Crippen LogP contribution in [0.25, 0.3) is 0 Å². The lowest BCUT2D eigenvalue weighted by molar-refractivity contribution is -0.165. The Morgan fingerprint density at radius 2 is 1.92 bits per heavy atom. The number of aliphatic carboxylic acids is 1.